The summed E-state index contributed by atoms with van der Waals surface area (Å²) in [6.07, 6.45) is 4.99. The van der Waals surface area contributed by atoms with Crippen molar-refractivity contribution in [1.82, 2.24) is 10.3 Å². The number of carbonyl (C=O) groups excluding carboxylic acids is 1. The summed E-state index contributed by atoms with van der Waals surface area (Å²) in [4.78, 5) is 20.5. The van der Waals surface area contributed by atoms with Gasteiger partial charge in [-0.3, -0.25) is 9.78 Å². The molecule has 1 aliphatic heterocycles. The number of amidine groups is 1. The lowest BCUT2D eigenvalue weighted by atomic mass is 10.1. The van der Waals surface area contributed by atoms with E-state index in [1.54, 1.807) is 50.9 Å². The first-order valence-corrected chi connectivity index (χ1v) is 6.95. The van der Waals surface area contributed by atoms with Crippen LogP contribution in [0.2, 0.25) is 0 Å². The van der Waals surface area contributed by atoms with Crippen molar-refractivity contribution in [3.8, 4) is 11.5 Å². The smallest absolute Gasteiger partial charge is 0.275 e. The van der Waals surface area contributed by atoms with Gasteiger partial charge in [0, 0.05) is 29.6 Å². The predicted octanol–water partition coefficient (Wildman–Crippen LogP) is 2.02. The Labute approximate surface area is 133 Å². The number of nitrogens with one attached hydrogen (secondary N) is 1. The van der Waals surface area contributed by atoms with Crippen LogP contribution in [0.4, 0.5) is 0 Å². The fraction of sp³-hybridized carbons (Fsp3) is 0.118. The maximum absolute atomic E-state index is 12.1. The highest BCUT2D eigenvalue weighted by Crippen LogP contribution is 2.27. The summed E-state index contributed by atoms with van der Waals surface area (Å²) in [5.41, 5.74) is 1.81. The number of carbonyl (C=O) groups is 1. The predicted molar refractivity (Wildman–Crippen MR) is 86.4 cm³/mol. The van der Waals surface area contributed by atoms with Gasteiger partial charge in [-0.1, -0.05) is 0 Å². The number of benzene rings is 1. The van der Waals surface area contributed by atoms with E-state index in [9.17, 15) is 4.79 Å². The van der Waals surface area contributed by atoms with Crippen molar-refractivity contribution in [2.24, 2.45) is 4.99 Å². The molecule has 1 amide bonds. The van der Waals surface area contributed by atoms with Crippen LogP contribution in [-0.2, 0) is 4.79 Å². The lowest BCUT2D eigenvalue weighted by molar-refractivity contribution is -0.115. The number of amides is 1. The van der Waals surface area contributed by atoms with Gasteiger partial charge in [-0.05, 0) is 30.3 Å². The summed E-state index contributed by atoms with van der Waals surface area (Å²) in [5, 5.41) is 2.74. The lowest BCUT2D eigenvalue weighted by Gasteiger charge is -2.07. The van der Waals surface area contributed by atoms with Crippen molar-refractivity contribution in [2.75, 3.05) is 14.2 Å². The Bertz CT molecular complexity index is 798. The van der Waals surface area contributed by atoms with E-state index < -0.39 is 0 Å². The zero-order valence-electron chi connectivity index (χ0n) is 12.7. The molecule has 23 heavy (non-hydrogen) atoms. The summed E-state index contributed by atoms with van der Waals surface area (Å²) in [6, 6.07) is 9.00. The summed E-state index contributed by atoms with van der Waals surface area (Å²) >= 11 is 0. The van der Waals surface area contributed by atoms with E-state index in [1.165, 1.54) is 0 Å². The van der Waals surface area contributed by atoms with Gasteiger partial charge in [0.2, 0.25) is 0 Å². The van der Waals surface area contributed by atoms with Gasteiger partial charge in [0.05, 0.1) is 14.2 Å². The van der Waals surface area contributed by atoms with Crippen molar-refractivity contribution in [1.29, 1.82) is 0 Å². The second-order valence-corrected chi connectivity index (χ2v) is 4.79. The maximum Gasteiger partial charge on any atom is 0.275 e. The Hall–Kier alpha value is -3.15. The molecule has 116 valence electrons. The third kappa shape index (κ3) is 3.06. The van der Waals surface area contributed by atoms with Crippen molar-refractivity contribution < 1.29 is 14.3 Å². The largest absolute Gasteiger partial charge is 0.497 e. The van der Waals surface area contributed by atoms with E-state index in [4.69, 9.17) is 9.47 Å². The summed E-state index contributed by atoms with van der Waals surface area (Å²) in [7, 11) is 3.15. The second-order valence-electron chi connectivity index (χ2n) is 4.79. The van der Waals surface area contributed by atoms with E-state index in [-0.39, 0.29) is 5.91 Å². The highest BCUT2D eigenvalue weighted by Gasteiger charge is 2.21. The lowest BCUT2D eigenvalue weighted by Crippen LogP contribution is -2.24. The van der Waals surface area contributed by atoms with Gasteiger partial charge in [0.25, 0.3) is 5.91 Å². The number of hydrogen-bond donors (Lipinski definition) is 1. The highest BCUT2D eigenvalue weighted by molar-refractivity contribution is 6.19. The third-order valence-electron chi connectivity index (χ3n) is 3.36. The van der Waals surface area contributed by atoms with E-state index in [2.05, 4.69) is 15.3 Å². The van der Waals surface area contributed by atoms with Gasteiger partial charge in [-0.25, -0.2) is 4.99 Å². The third-order valence-corrected chi connectivity index (χ3v) is 3.36. The van der Waals surface area contributed by atoms with E-state index in [1.807, 2.05) is 12.1 Å². The molecule has 0 aliphatic carbocycles. The van der Waals surface area contributed by atoms with E-state index in [0.717, 1.165) is 11.1 Å². The number of aromatic nitrogens is 1. The fourth-order valence-electron chi connectivity index (χ4n) is 2.19. The van der Waals surface area contributed by atoms with Gasteiger partial charge < -0.3 is 14.8 Å². The minimum absolute atomic E-state index is 0.262. The Morgan fingerprint density at radius 1 is 1.17 bits per heavy atom. The minimum Gasteiger partial charge on any atom is -0.497 e. The average molecular weight is 309 g/mol. The molecule has 1 aliphatic rings. The quantitative estimate of drug-likeness (QED) is 0.877. The van der Waals surface area contributed by atoms with Crippen LogP contribution in [0.1, 0.15) is 11.1 Å². The summed E-state index contributed by atoms with van der Waals surface area (Å²) < 4.78 is 10.5. The van der Waals surface area contributed by atoms with Crippen molar-refractivity contribution in [2.45, 2.75) is 0 Å². The normalized spacial score (nSPS) is 15.3. The molecule has 0 spiro atoms. The summed E-state index contributed by atoms with van der Waals surface area (Å²) in [5.74, 6) is 1.51. The number of aliphatic imine (C=N–C) groups is 1. The average Bonchev–Trinajstić information content (AvgIpc) is 2.97. The molecule has 2 heterocycles. The van der Waals surface area contributed by atoms with Crippen molar-refractivity contribution in [3.63, 3.8) is 0 Å². The Morgan fingerprint density at radius 2 is 2.04 bits per heavy atom. The number of rotatable bonds is 4. The second kappa shape index (κ2) is 6.31. The monoisotopic (exact) mass is 309 g/mol. The first-order valence-electron chi connectivity index (χ1n) is 6.95. The fourth-order valence-corrected chi connectivity index (χ4v) is 2.19. The number of hydrogen-bond acceptors (Lipinski definition) is 5. The number of nitrogens with zero attached hydrogens (tertiary/aromatic N) is 2. The van der Waals surface area contributed by atoms with Crippen molar-refractivity contribution >= 4 is 17.8 Å². The highest BCUT2D eigenvalue weighted by atomic mass is 16.5. The molecule has 0 atom stereocenters. The summed E-state index contributed by atoms with van der Waals surface area (Å²) in [6.45, 7) is 0. The molecule has 6 heteroatoms. The van der Waals surface area contributed by atoms with E-state index in [0.29, 0.717) is 23.0 Å². The minimum atomic E-state index is -0.262. The SMILES string of the molecule is COc1ccc(/C=C2/N=C(c3cccnc3)NC2=O)c(OC)c1. The van der Waals surface area contributed by atoms with Crippen molar-refractivity contribution in [3.05, 3.63) is 59.5 Å². The Balaban J connectivity index is 1.96. The van der Waals surface area contributed by atoms with Crippen LogP contribution in [0, 0.1) is 0 Å². The number of pyridine rings is 1. The van der Waals surface area contributed by atoms with Gasteiger partial charge in [-0.2, -0.15) is 0 Å². The molecule has 0 fully saturated rings. The number of methoxy groups -OCH3 is 2. The molecule has 3 rings (SSSR count). The zero-order chi connectivity index (χ0) is 16.2. The van der Waals surface area contributed by atoms with Crippen LogP contribution < -0.4 is 14.8 Å². The zero-order valence-corrected chi connectivity index (χ0v) is 12.7. The van der Waals surface area contributed by atoms with Crippen LogP contribution in [0.25, 0.3) is 6.08 Å². The van der Waals surface area contributed by atoms with Gasteiger partial charge in [0.1, 0.15) is 23.0 Å². The molecule has 0 saturated carbocycles. The molecule has 0 radical (unpaired) electrons. The topological polar surface area (TPSA) is 72.8 Å². The molecule has 2 aromatic rings. The molecular formula is C17H15N3O3. The Kier molecular flexibility index (Phi) is 4.05. The molecule has 1 N–H and O–H groups in total. The first-order chi connectivity index (χ1) is 11.2. The molecule has 1 aromatic heterocycles. The van der Waals surface area contributed by atoms with Gasteiger partial charge in [-0.15, -0.1) is 0 Å². The molecule has 6 nitrogen and oxygen atoms in total. The van der Waals surface area contributed by atoms with Crippen LogP contribution >= 0.6 is 0 Å². The van der Waals surface area contributed by atoms with E-state index >= 15 is 0 Å². The van der Waals surface area contributed by atoms with Crippen LogP contribution in [0.15, 0.2) is 53.4 Å². The standard InChI is InChI=1S/C17H15N3O3/c1-22-13-6-5-11(15(9-13)23-2)8-14-17(21)20-16(19-14)12-4-3-7-18-10-12/h3-10H,1-2H3,(H,19,20,21)/b14-8+. The van der Waals surface area contributed by atoms with Gasteiger partial charge >= 0.3 is 0 Å². The molecule has 1 aromatic carbocycles. The number of ether oxygens (including phenoxy) is 2. The first kappa shape index (κ1) is 14.8. The van der Waals surface area contributed by atoms with Gasteiger partial charge in [0.15, 0.2) is 0 Å². The van der Waals surface area contributed by atoms with Crippen LogP contribution in [0.5, 0.6) is 11.5 Å². The van der Waals surface area contributed by atoms with Crippen LogP contribution in [0.3, 0.4) is 0 Å². The maximum atomic E-state index is 12.1. The molecule has 0 unspecified atom stereocenters. The molecule has 0 bridgehead atoms. The molecule has 0 saturated heterocycles. The van der Waals surface area contributed by atoms with Crippen LogP contribution in [-0.4, -0.2) is 30.9 Å². The Morgan fingerprint density at radius 3 is 2.74 bits per heavy atom. The molecular weight excluding hydrogens is 294 g/mol.